The highest BCUT2D eigenvalue weighted by Gasteiger charge is 2.52. The molecule has 1 heterocycles. The monoisotopic (exact) mass is 366 g/mol. The van der Waals surface area contributed by atoms with Gasteiger partial charge in [0.1, 0.15) is 6.10 Å². The van der Waals surface area contributed by atoms with E-state index >= 15 is 0 Å². The molecule has 0 radical (unpaired) electrons. The van der Waals surface area contributed by atoms with Crippen molar-refractivity contribution in [1.82, 2.24) is 0 Å². The van der Waals surface area contributed by atoms with E-state index in [1.807, 2.05) is 0 Å². The Bertz CT molecular complexity index is 553. The summed E-state index contributed by atoms with van der Waals surface area (Å²) in [6.07, 6.45) is 8.76. The second-order valence-electron chi connectivity index (χ2n) is 7.23. The number of rotatable bonds is 10. The van der Waals surface area contributed by atoms with Crippen molar-refractivity contribution < 1.29 is 29.6 Å². The first kappa shape index (κ1) is 20.6. The molecule has 1 aliphatic heterocycles. The molecule has 146 valence electrons. The first-order valence-electron chi connectivity index (χ1n) is 9.61. The van der Waals surface area contributed by atoms with Gasteiger partial charge in [-0.05, 0) is 25.3 Å². The van der Waals surface area contributed by atoms with Crippen LogP contribution in [0.2, 0.25) is 0 Å². The molecule has 0 aromatic carbocycles. The van der Waals surface area contributed by atoms with Crippen LogP contribution in [0.15, 0.2) is 24.0 Å². The molecule has 0 aromatic rings. The number of ketones is 1. The molecule has 1 aliphatic carbocycles. The molecular weight excluding hydrogens is 336 g/mol. The summed E-state index contributed by atoms with van der Waals surface area (Å²) in [7, 11) is 0. The van der Waals surface area contributed by atoms with E-state index in [0.717, 1.165) is 19.3 Å². The molecule has 1 saturated heterocycles. The highest BCUT2D eigenvalue weighted by atomic mass is 16.5. The first-order valence-corrected chi connectivity index (χ1v) is 9.61. The minimum absolute atomic E-state index is 0.0603. The fourth-order valence-corrected chi connectivity index (χ4v) is 3.72. The first-order chi connectivity index (χ1) is 12.4. The SMILES string of the molecule is CCCCC[C@H](O)/C=C/[C@@H]1[C@H]2C(=O)/C(=C/CCCC(=O)O)O[C@H]2C[C@H]1O. The summed E-state index contributed by atoms with van der Waals surface area (Å²) < 4.78 is 5.70. The lowest BCUT2D eigenvalue weighted by Crippen LogP contribution is -2.24. The zero-order valence-corrected chi connectivity index (χ0v) is 15.3. The summed E-state index contributed by atoms with van der Waals surface area (Å²) in [6, 6.07) is 0. The van der Waals surface area contributed by atoms with Crippen molar-refractivity contribution in [3.8, 4) is 0 Å². The molecule has 0 amide bonds. The van der Waals surface area contributed by atoms with Gasteiger partial charge in [0, 0.05) is 18.8 Å². The minimum atomic E-state index is -0.857. The van der Waals surface area contributed by atoms with E-state index in [9.17, 15) is 19.8 Å². The zero-order chi connectivity index (χ0) is 19.1. The van der Waals surface area contributed by atoms with E-state index in [-0.39, 0.29) is 24.2 Å². The number of carbonyl (C=O) groups excluding carboxylic acids is 1. The fraction of sp³-hybridized carbons (Fsp3) is 0.700. The molecular formula is C20H30O6. The Hall–Kier alpha value is -1.66. The molecule has 6 nitrogen and oxygen atoms in total. The number of aliphatic hydroxyl groups is 2. The molecule has 6 heteroatoms. The van der Waals surface area contributed by atoms with E-state index in [4.69, 9.17) is 9.84 Å². The quantitative estimate of drug-likeness (QED) is 0.312. The number of hydrogen-bond donors (Lipinski definition) is 3. The molecule has 26 heavy (non-hydrogen) atoms. The van der Waals surface area contributed by atoms with Crippen LogP contribution < -0.4 is 0 Å². The van der Waals surface area contributed by atoms with Gasteiger partial charge in [-0.1, -0.05) is 38.3 Å². The summed E-state index contributed by atoms with van der Waals surface area (Å²) in [5, 5.41) is 28.9. The fourth-order valence-electron chi connectivity index (χ4n) is 3.72. The number of allylic oxidation sites excluding steroid dienone is 2. The normalized spacial score (nSPS) is 30.7. The van der Waals surface area contributed by atoms with Crippen molar-refractivity contribution in [2.75, 3.05) is 0 Å². The van der Waals surface area contributed by atoms with Crippen LogP contribution in [0.1, 0.15) is 58.3 Å². The molecule has 0 unspecified atom stereocenters. The van der Waals surface area contributed by atoms with Gasteiger partial charge in [-0.3, -0.25) is 9.59 Å². The average Bonchev–Trinajstić information content (AvgIpc) is 3.05. The maximum absolute atomic E-state index is 12.6. The molecule has 0 bridgehead atoms. The number of Topliss-reactive ketones (excluding diaryl/α,β-unsaturated/α-hetero) is 1. The second-order valence-corrected chi connectivity index (χ2v) is 7.23. The molecule has 2 rings (SSSR count). The van der Waals surface area contributed by atoms with Gasteiger partial charge in [0.25, 0.3) is 0 Å². The molecule has 2 fully saturated rings. The van der Waals surface area contributed by atoms with Crippen molar-refractivity contribution in [1.29, 1.82) is 0 Å². The topological polar surface area (TPSA) is 104 Å². The predicted octanol–water partition coefficient (Wildman–Crippen LogP) is 2.59. The summed E-state index contributed by atoms with van der Waals surface area (Å²) in [4.78, 5) is 23.1. The summed E-state index contributed by atoms with van der Waals surface area (Å²) in [5.74, 6) is -1.46. The highest BCUT2D eigenvalue weighted by molar-refractivity contribution is 5.98. The van der Waals surface area contributed by atoms with E-state index in [1.165, 1.54) is 0 Å². The second kappa shape index (κ2) is 9.88. The van der Waals surface area contributed by atoms with Crippen LogP contribution in [0.5, 0.6) is 0 Å². The lowest BCUT2D eigenvalue weighted by Gasteiger charge is -2.15. The van der Waals surface area contributed by atoms with Gasteiger partial charge in [0.15, 0.2) is 5.76 Å². The number of fused-ring (bicyclic) bond motifs is 1. The largest absolute Gasteiger partial charge is 0.486 e. The number of ether oxygens (including phenoxy) is 1. The summed E-state index contributed by atoms with van der Waals surface area (Å²) >= 11 is 0. The number of unbranched alkanes of at least 4 members (excludes halogenated alkanes) is 3. The molecule has 2 aliphatic rings. The van der Waals surface area contributed by atoms with Crippen molar-refractivity contribution >= 4 is 11.8 Å². The number of carboxylic acids is 1. The Morgan fingerprint density at radius 2 is 2.12 bits per heavy atom. The van der Waals surface area contributed by atoms with Crippen LogP contribution in [0.3, 0.4) is 0 Å². The zero-order valence-electron chi connectivity index (χ0n) is 15.3. The van der Waals surface area contributed by atoms with Gasteiger partial charge in [0.05, 0.1) is 18.1 Å². The standard InChI is InChI=1S/C20H30O6/c1-2-3-4-7-13(21)10-11-14-15(22)12-17-19(14)20(25)16(26-17)8-5-6-9-18(23)24/h8,10-11,13-15,17,19,21-22H,2-7,9,12H2,1H3,(H,23,24)/b11-10+,16-8-/t13-,14-,15+,17-,19+/m0/s1. The Morgan fingerprint density at radius 1 is 1.35 bits per heavy atom. The Balaban J connectivity index is 1.93. The molecule has 0 spiro atoms. The summed E-state index contributed by atoms with van der Waals surface area (Å²) in [5.41, 5.74) is 0. The smallest absolute Gasteiger partial charge is 0.303 e. The van der Waals surface area contributed by atoms with Crippen LogP contribution >= 0.6 is 0 Å². The highest BCUT2D eigenvalue weighted by Crippen LogP contribution is 2.43. The van der Waals surface area contributed by atoms with E-state index < -0.39 is 24.1 Å². The maximum atomic E-state index is 12.6. The van der Waals surface area contributed by atoms with Gasteiger partial charge >= 0.3 is 5.97 Å². The molecule has 3 N–H and O–H groups in total. The third-order valence-corrected chi connectivity index (χ3v) is 5.14. The van der Waals surface area contributed by atoms with Crippen molar-refractivity contribution in [3.05, 3.63) is 24.0 Å². The van der Waals surface area contributed by atoms with Crippen LogP contribution in [-0.2, 0) is 14.3 Å². The van der Waals surface area contributed by atoms with E-state index in [1.54, 1.807) is 18.2 Å². The maximum Gasteiger partial charge on any atom is 0.303 e. The number of aliphatic carboxylic acids is 1. The third-order valence-electron chi connectivity index (χ3n) is 5.14. The lowest BCUT2D eigenvalue weighted by molar-refractivity contribution is -0.137. The molecule has 0 aromatic heterocycles. The Kier molecular flexibility index (Phi) is 7.85. The van der Waals surface area contributed by atoms with Crippen LogP contribution in [0.4, 0.5) is 0 Å². The van der Waals surface area contributed by atoms with Gasteiger partial charge < -0.3 is 20.1 Å². The predicted molar refractivity (Wildman–Crippen MR) is 96.3 cm³/mol. The van der Waals surface area contributed by atoms with E-state index in [2.05, 4.69) is 6.92 Å². The third kappa shape index (κ3) is 5.42. The Labute approximate surface area is 154 Å². The van der Waals surface area contributed by atoms with Gasteiger partial charge in [-0.15, -0.1) is 0 Å². The number of aliphatic hydroxyl groups excluding tert-OH is 2. The van der Waals surface area contributed by atoms with Crippen LogP contribution in [0.25, 0.3) is 0 Å². The minimum Gasteiger partial charge on any atom is -0.486 e. The van der Waals surface area contributed by atoms with Gasteiger partial charge in [-0.2, -0.15) is 0 Å². The number of carbonyl (C=O) groups is 2. The average molecular weight is 366 g/mol. The number of hydrogen-bond acceptors (Lipinski definition) is 5. The van der Waals surface area contributed by atoms with Crippen LogP contribution in [-0.4, -0.2) is 45.4 Å². The van der Waals surface area contributed by atoms with Gasteiger partial charge in [0.2, 0.25) is 5.78 Å². The molecule has 5 atom stereocenters. The molecule has 1 saturated carbocycles. The Morgan fingerprint density at radius 3 is 2.81 bits per heavy atom. The number of carboxylic acid groups (broad SMARTS) is 1. The van der Waals surface area contributed by atoms with Gasteiger partial charge in [-0.25, -0.2) is 0 Å². The van der Waals surface area contributed by atoms with Crippen molar-refractivity contribution in [3.63, 3.8) is 0 Å². The summed E-state index contributed by atoms with van der Waals surface area (Å²) in [6.45, 7) is 2.11. The van der Waals surface area contributed by atoms with Crippen molar-refractivity contribution in [2.24, 2.45) is 11.8 Å². The lowest BCUT2D eigenvalue weighted by atomic mass is 9.89. The van der Waals surface area contributed by atoms with Crippen LogP contribution in [0, 0.1) is 11.8 Å². The van der Waals surface area contributed by atoms with Crippen molar-refractivity contribution in [2.45, 2.75) is 76.6 Å². The van der Waals surface area contributed by atoms with E-state index in [0.29, 0.717) is 31.4 Å².